The number of amides is 1. The summed E-state index contributed by atoms with van der Waals surface area (Å²) in [5, 5.41) is 16.2. The predicted octanol–water partition coefficient (Wildman–Crippen LogP) is 1.59. The average molecular weight is 298 g/mol. The van der Waals surface area contributed by atoms with Gasteiger partial charge in [-0.05, 0) is 19.4 Å². The third-order valence-corrected chi connectivity index (χ3v) is 4.04. The quantitative estimate of drug-likeness (QED) is 0.887. The summed E-state index contributed by atoms with van der Waals surface area (Å²) in [4.78, 5) is 16.1. The molecule has 2 aliphatic heterocycles. The maximum Gasteiger partial charge on any atom is 0.230 e. The van der Waals surface area contributed by atoms with E-state index < -0.39 is 18.0 Å². The first-order valence-electron chi connectivity index (χ1n) is 7.13. The zero-order chi connectivity index (χ0) is 15.9. The largest absolute Gasteiger partial charge is 0.493 e. The molecule has 1 aromatic rings. The van der Waals surface area contributed by atoms with Gasteiger partial charge in [0.15, 0.2) is 6.17 Å². The Labute approximate surface area is 128 Å². The van der Waals surface area contributed by atoms with Crippen molar-refractivity contribution < 1.29 is 9.90 Å². The first-order chi connectivity index (χ1) is 10.5. The summed E-state index contributed by atoms with van der Waals surface area (Å²) in [6.07, 6.45) is -0.0156. The Morgan fingerprint density at radius 1 is 1.32 bits per heavy atom. The van der Waals surface area contributed by atoms with E-state index in [1.807, 2.05) is 37.3 Å². The van der Waals surface area contributed by atoms with E-state index in [0.717, 1.165) is 5.56 Å². The average Bonchev–Trinajstić information content (AvgIpc) is 2.81. The van der Waals surface area contributed by atoms with Crippen LogP contribution in [0.3, 0.4) is 0 Å². The monoisotopic (exact) mass is 298 g/mol. The number of rotatable bonds is 3. The number of fused-ring (bicyclic) bond motifs is 1. The Balaban J connectivity index is 1.96. The van der Waals surface area contributed by atoms with Crippen LogP contribution in [-0.2, 0) is 11.2 Å². The highest BCUT2D eigenvalue weighted by molar-refractivity contribution is 6.06. The van der Waals surface area contributed by atoms with Crippen molar-refractivity contribution in [2.75, 3.05) is 0 Å². The number of primary amides is 1. The van der Waals surface area contributed by atoms with Crippen molar-refractivity contribution in [3.05, 3.63) is 47.4 Å². The van der Waals surface area contributed by atoms with Crippen LogP contribution in [0, 0.1) is 5.92 Å². The van der Waals surface area contributed by atoms with Gasteiger partial charge in [0.1, 0.15) is 5.92 Å². The Morgan fingerprint density at radius 2 is 2.00 bits per heavy atom. The lowest BCUT2D eigenvalue weighted by atomic mass is 9.97. The molecular weight excluding hydrogens is 280 g/mol. The molecule has 2 heterocycles. The lowest BCUT2D eigenvalue weighted by Crippen LogP contribution is -2.42. The second-order valence-electron chi connectivity index (χ2n) is 5.56. The molecular formula is C16H18N4O2. The van der Waals surface area contributed by atoms with Gasteiger partial charge in [-0.15, -0.1) is 0 Å². The molecule has 114 valence electrons. The smallest absolute Gasteiger partial charge is 0.230 e. The van der Waals surface area contributed by atoms with E-state index in [1.54, 1.807) is 6.92 Å². The number of benzene rings is 1. The van der Waals surface area contributed by atoms with Gasteiger partial charge in [0.05, 0.1) is 5.71 Å². The fraction of sp³-hybridized carbons (Fsp3) is 0.312. The molecule has 0 fully saturated rings. The van der Waals surface area contributed by atoms with Crippen molar-refractivity contribution in [3.8, 4) is 0 Å². The van der Waals surface area contributed by atoms with E-state index in [0.29, 0.717) is 23.4 Å². The van der Waals surface area contributed by atoms with E-state index in [-0.39, 0.29) is 5.88 Å². The molecule has 0 spiro atoms. The SMILES string of the molecule is CC1=NC2C(C(N)=O)C(C)=NN2C(O)=C1Cc1ccccc1. The third-order valence-electron chi connectivity index (χ3n) is 4.04. The minimum Gasteiger partial charge on any atom is -0.493 e. The van der Waals surface area contributed by atoms with Gasteiger partial charge in [-0.25, -0.2) is 5.01 Å². The van der Waals surface area contributed by atoms with E-state index in [1.165, 1.54) is 5.01 Å². The van der Waals surface area contributed by atoms with Crippen LogP contribution >= 0.6 is 0 Å². The molecule has 0 saturated carbocycles. The number of nitrogens with two attached hydrogens (primary N) is 1. The number of hydrazone groups is 1. The molecule has 2 unspecified atom stereocenters. The second kappa shape index (κ2) is 5.29. The van der Waals surface area contributed by atoms with Crippen molar-refractivity contribution in [2.45, 2.75) is 26.4 Å². The van der Waals surface area contributed by atoms with E-state index in [2.05, 4.69) is 10.1 Å². The molecule has 6 heteroatoms. The molecule has 3 rings (SSSR count). The van der Waals surface area contributed by atoms with Crippen molar-refractivity contribution in [3.63, 3.8) is 0 Å². The molecule has 6 nitrogen and oxygen atoms in total. The minimum absolute atomic E-state index is 0.0458. The molecule has 0 saturated heterocycles. The van der Waals surface area contributed by atoms with E-state index >= 15 is 0 Å². The minimum atomic E-state index is -0.602. The maximum atomic E-state index is 11.6. The standard InChI is InChI=1S/C16H18N4O2/c1-9-12(8-11-6-4-3-5-7-11)16(22)20-15(18-9)13(14(17)21)10(2)19-20/h3-7,13,15,22H,8H2,1-2H3,(H2,17,21). The molecule has 0 aliphatic carbocycles. The van der Waals surface area contributed by atoms with Crippen LogP contribution in [0.15, 0.2) is 51.9 Å². The first kappa shape index (κ1) is 14.3. The number of hydrogen-bond donors (Lipinski definition) is 2. The van der Waals surface area contributed by atoms with Crippen molar-refractivity contribution in [1.82, 2.24) is 5.01 Å². The van der Waals surface area contributed by atoms with Gasteiger partial charge < -0.3 is 10.8 Å². The molecule has 22 heavy (non-hydrogen) atoms. The highest BCUT2D eigenvalue weighted by atomic mass is 16.3. The molecule has 2 aliphatic rings. The second-order valence-corrected chi connectivity index (χ2v) is 5.56. The fourth-order valence-corrected chi connectivity index (χ4v) is 2.89. The molecule has 0 radical (unpaired) electrons. The van der Waals surface area contributed by atoms with Crippen LogP contribution in [0.2, 0.25) is 0 Å². The summed E-state index contributed by atoms with van der Waals surface area (Å²) < 4.78 is 0. The van der Waals surface area contributed by atoms with Crippen LogP contribution in [0.25, 0.3) is 0 Å². The number of allylic oxidation sites excluding steroid dienone is 1. The van der Waals surface area contributed by atoms with Gasteiger partial charge in [-0.2, -0.15) is 5.10 Å². The number of nitrogens with zero attached hydrogens (tertiary/aromatic N) is 3. The third kappa shape index (κ3) is 2.26. The number of aliphatic imine (C=N–C) groups is 1. The van der Waals surface area contributed by atoms with Gasteiger partial charge in [-0.1, -0.05) is 30.3 Å². The van der Waals surface area contributed by atoms with Gasteiger partial charge in [0.2, 0.25) is 11.8 Å². The number of hydrogen-bond acceptors (Lipinski definition) is 5. The molecule has 0 aromatic heterocycles. The zero-order valence-corrected chi connectivity index (χ0v) is 12.5. The maximum absolute atomic E-state index is 11.6. The summed E-state index contributed by atoms with van der Waals surface area (Å²) in [5.74, 6) is -1.04. The molecule has 1 amide bonds. The number of carbonyl (C=O) groups is 1. The molecule has 2 atom stereocenters. The van der Waals surface area contributed by atoms with E-state index in [4.69, 9.17) is 5.73 Å². The zero-order valence-electron chi connectivity index (χ0n) is 12.5. The number of carbonyl (C=O) groups excluding carboxylic acids is 1. The van der Waals surface area contributed by atoms with Crippen molar-refractivity contribution in [1.29, 1.82) is 0 Å². The summed E-state index contributed by atoms with van der Waals surface area (Å²) in [7, 11) is 0. The Bertz CT molecular complexity index is 706. The highest BCUT2D eigenvalue weighted by Crippen LogP contribution is 2.32. The van der Waals surface area contributed by atoms with Gasteiger partial charge >= 0.3 is 0 Å². The van der Waals surface area contributed by atoms with Crippen LogP contribution in [0.4, 0.5) is 0 Å². The number of aliphatic hydroxyl groups is 1. The predicted molar refractivity (Wildman–Crippen MR) is 84.3 cm³/mol. The Kier molecular flexibility index (Phi) is 3.44. The van der Waals surface area contributed by atoms with Crippen LogP contribution in [-0.4, -0.2) is 33.6 Å². The fourth-order valence-electron chi connectivity index (χ4n) is 2.89. The van der Waals surface area contributed by atoms with Gasteiger partial charge in [0, 0.05) is 17.7 Å². The molecule has 0 bridgehead atoms. The van der Waals surface area contributed by atoms with Crippen molar-refractivity contribution >= 4 is 17.3 Å². The van der Waals surface area contributed by atoms with Gasteiger partial charge in [0.25, 0.3) is 0 Å². The summed E-state index contributed by atoms with van der Waals surface area (Å²) in [6, 6.07) is 9.83. The van der Waals surface area contributed by atoms with Crippen LogP contribution in [0.1, 0.15) is 19.4 Å². The summed E-state index contributed by atoms with van der Waals surface area (Å²) >= 11 is 0. The van der Waals surface area contributed by atoms with Crippen molar-refractivity contribution in [2.24, 2.45) is 21.7 Å². The lowest BCUT2D eigenvalue weighted by Gasteiger charge is -2.29. The normalized spacial score (nSPS) is 24.0. The Morgan fingerprint density at radius 3 is 2.64 bits per heavy atom. The van der Waals surface area contributed by atoms with Crippen LogP contribution in [0.5, 0.6) is 0 Å². The molecule has 1 aromatic carbocycles. The molecule has 3 N–H and O–H groups in total. The number of aliphatic hydroxyl groups excluding tert-OH is 1. The van der Waals surface area contributed by atoms with Gasteiger partial charge in [-0.3, -0.25) is 9.79 Å². The highest BCUT2D eigenvalue weighted by Gasteiger charge is 2.43. The summed E-state index contributed by atoms with van der Waals surface area (Å²) in [6.45, 7) is 3.56. The van der Waals surface area contributed by atoms with Crippen LogP contribution < -0.4 is 5.73 Å². The Hall–Kier alpha value is -2.63. The first-order valence-corrected chi connectivity index (χ1v) is 7.13. The van der Waals surface area contributed by atoms with E-state index in [9.17, 15) is 9.90 Å². The lowest BCUT2D eigenvalue weighted by molar-refractivity contribution is -0.121. The summed E-state index contributed by atoms with van der Waals surface area (Å²) in [5.41, 5.74) is 8.49. The topological polar surface area (TPSA) is 91.3 Å².